The zero-order valence-electron chi connectivity index (χ0n) is 10.1. The minimum absolute atomic E-state index is 0.0232. The molecule has 0 unspecified atom stereocenters. The second kappa shape index (κ2) is 5.14. The van der Waals surface area contributed by atoms with Crippen LogP contribution in [-0.2, 0) is 11.3 Å². The fourth-order valence-electron chi connectivity index (χ4n) is 2.13. The molecule has 0 bridgehead atoms. The highest BCUT2D eigenvalue weighted by atomic mass is 16.6. The van der Waals surface area contributed by atoms with Gasteiger partial charge in [-0.3, -0.25) is 14.9 Å². The van der Waals surface area contributed by atoms with Gasteiger partial charge in [-0.1, -0.05) is 6.07 Å². The molecule has 1 aliphatic rings. The molecule has 0 atom stereocenters. The van der Waals surface area contributed by atoms with Crippen LogP contribution >= 0.6 is 0 Å². The molecule has 0 radical (unpaired) electrons. The molecule has 96 valence electrons. The lowest BCUT2D eigenvalue weighted by Crippen LogP contribution is -2.25. The van der Waals surface area contributed by atoms with E-state index in [4.69, 9.17) is 4.74 Å². The third-order valence-electron chi connectivity index (χ3n) is 2.99. The maximum Gasteiger partial charge on any atom is 0.275 e. The lowest BCUT2D eigenvalue weighted by atomic mass is 10.1. The van der Waals surface area contributed by atoms with E-state index in [1.807, 2.05) is 0 Å². The van der Waals surface area contributed by atoms with Crippen LogP contribution in [0.15, 0.2) is 18.2 Å². The predicted molar refractivity (Wildman–Crippen MR) is 64.3 cm³/mol. The Morgan fingerprint density at radius 3 is 2.94 bits per heavy atom. The van der Waals surface area contributed by atoms with Crippen LogP contribution in [0.1, 0.15) is 22.3 Å². The van der Waals surface area contributed by atoms with Crippen LogP contribution in [-0.4, -0.2) is 36.0 Å². The molecule has 0 aliphatic carbocycles. The van der Waals surface area contributed by atoms with Crippen LogP contribution in [0.3, 0.4) is 0 Å². The Balaban J connectivity index is 2.19. The molecule has 0 saturated heterocycles. The van der Waals surface area contributed by atoms with E-state index in [0.29, 0.717) is 30.8 Å². The van der Waals surface area contributed by atoms with E-state index in [-0.39, 0.29) is 11.6 Å². The molecule has 0 fully saturated rings. The molecular formula is C12H14N2O4. The number of amides is 1. The lowest BCUT2D eigenvalue weighted by molar-refractivity contribution is -0.385. The van der Waals surface area contributed by atoms with Gasteiger partial charge in [-0.15, -0.1) is 0 Å². The van der Waals surface area contributed by atoms with Gasteiger partial charge in [0.15, 0.2) is 0 Å². The highest BCUT2D eigenvalue weighted by Gasteiger charge is 2.32. The Labute approximate surface area is 104 Å². The Bertz CT molecular complexity index is 487. The number of nitro groups is 1. The number of hydrogen-bond donors (Lipinski definition) is 0. The van der Waals surface area contributed by atoms with Gasteiger partial charge in [0.1, 0.15) is 0 Å². The summed E-state index contributed by atoms with van der Waals surface area (Å²) < 4.78 is 4.93. The predicted octanol–water partition coefficient (Wildman–Crippen LogP) is 1.59. The van der Waals surface area contributed by atoms with Gasteiger partial charge in [-0.05, 0) is 12.5 Å². The standard InChI is InChI=1S/C12H14N2O4/c1-18-7-3-6-13-8-10-9(12(13)15)4-2-5-11(10)14(16)17/h2,4-5H,3,6-8H2,1H3. The monoisotopic (exact) mass is 250 g/mol. The molecule has 1 heterocycles. The van der Waals surface area contributed by atoms with E-state index in [9.17, 15) is 14.9 Å². The Hall–Kier alpha value is -1.95. The van der Waals surface area contributed by atoms with Crippen molar-refractivity contribution in [1.29, 1.82) is 0 Å². The summed E-state index contributed by atoms with van der Waals surface area (Å²) in [6.07, 6.45) is 0.726. The summed E-state index contributed by atoms with van der Waals surface area (Å²) in [4.78, 5) is 24.1. The van der Waals surface area contributed by atoms with Gasteiger partial charge in [0, 0.05) is 26.3 Å². The summed E-state index contributed by atoms with van der Waals surface area (Å²) in [7, 11) is 1.60. The molecule has 0 N–H and O–H groups in total. The summed E-state index contributed by atoms with van der Waals surface area (Å²) in [5.41, 5.74) is 0.988. The molecule has 1 aromatic rings. The topological polar surface area (TPSA) is 72.7 Å². The first kappa shape index (κ1) is 12.5. The molecule has 2 rings (SSSR count). The van der Waals surface area contributed by atoms with Crippen molar-refractivity contribution in [2.45, 2.75) is 13.0 Å². The van der Waals surface area contributed by atoms with Crippen LogP contribution < -0.4 is 0 Å². The number of fused-ring (bicyclic) bond motifs is 1. The van der Waals surface area contributed by atoms with E-state index in [1.165, 1.54) is 6.07 Å². The van der Waals surface area contributed by atoms with Crippen molar-refractivity contribution in [3.63, 3.8) is 0 Å². The minimum atomic E-state index is -0.440. The zero-order valence-corrected chi connectivity index (χ0v) is 10.1. The number of methoxy groups -OCH3 is 1. The highest BCUT2D eigenvalue weighted by Crippen LogP contribution is 2.30. The summed E-state index contributed by atoms with van der Waals surface area (Å²) in [5.74, 6) is -0.134. The van der Waals surface area contributed by atoms with E-state index in [0.717, 1.165) is 6.42 Å². The average molecular weight is 250 g/mol. The van der Waals surface area contributed by atoms with Gasteiger partial charge in [-0.25, -0.2) is 0 Å². The van der Waals surface area contributed by atoms with E-state index in [2.05, 4.69) is 0 Å². The first-order valence-electron chi connectivity index (χ1n) is 5.69. The normalized spacial score (nSPS) is 13.8. The summed E-state index contributed by atoms with van der Waals surface area (Å²) >= 11 is 0. The minimum Gasteiger partial charge on any atom is -0.385 e. The van der Waals surface area contributed by atoms with Gasteiger partial charge in [0.25, 0.3) is 11.6 Å². The Kier molecular flexibility index (Phi) is 3.57. The second-order valence-corrected chi connectivity index (χ2v) is 4.13. The van der Waals surface area contributed by atoms with Crippen LogP contribution in [0.4, 0.5) is 5.69 Å². The van der Waals surface area contributed by atoms with E-state index in [1.54, 1.807) is 24.1 Å². The molecule has 18 heavy (non-hydrogen) atoms. The number of rotatable bonds is 5. The van der Waals surface area contributed by atoms with Crippen molar-refractivity contribution in [1.82, 2.24) is 4.90 Å². The molecule has 0 aromatic heterocycles. The van der Waals surface area contributed by atoms with Crippen molar-refractivity contribution in [2.24, 2.45) is 0 Å². The molecular weight excluding hydrogens is 236 g/mol. The fraction of sp³-hybridized carbons (Fsp3) is 0.417. The van der Waals surface area contributed by atoms with Crippen molar-refractivity contribution < 1.29 is 14.5 Å². The maximum absolute atomic E-state index is 12.0. The third-order valence-corrected chi connectivity index (χ3v) is 2.99. The van der Waals surface area contributed by atoms with E-state index >= 15 is 0 Å². The number of nitro benzene ring substituents is 1. The van der Waals surface area contributed by atoms with Crippen LogP contribution in [0.2, 0.25) is 0 Å². The number of ether oxygens (including phenoxy) is 1. The first-order chi connectivity index (χ1) is 8.65. The first-order valence-corrected chi connectivity index (χ1v) is 5.69. The molecule has 0 saturated carbocycles. The maximum atomic E-state index is 12.0. The Morgan fingerprint density at radius 1 is 1.50 bits per heavy atom. The molecule has 1 aromatic carbocycles. The van der Waals surface area contributed by atoms with E-state index < -0.39 is 4.92 Å². The largest absolute Gasteiger partial charge is 0.385 e. The quantitative estimate of drug-likeness (QED) is 0.452. The van der Waals surface area contributed by atoms with Crippen LogP contribution in [0, 0.1) is 10.1 Å². The van der Waals surface area contributed by atoms with Crippen molar-refractivity contribution in [3.8, 4) is 0 Å². The van der Waals surface area contributed by atoms with Crippen molar-refractivity contribution in [2.75, 3.05) is 20.3 Å². The van der Waals surface area contributed by atoms with Gasteiger partial charge in [0.05, 0.1) is 22.6 Å². The number of benzene rings is 1. The molecule has 6 heteroatoms. The average Bonchev–Trinajstić information content (AvgIpc) is 2.67. The summed E-state index contributed by atoms with van der Waals surface area (Å²) in [6.45, 7) is 1.44. The molecule has 1 amide bonds. The SMILES string of the molecule is COCCCN1Cc2c(cccc2[N+](=O)[O-])C1=O. The highest BCUT2D eigenvalue weighted by molar-refractivity contribution is 5.99. The zero-order chi connectivity index (χ0) is 13.1. The number of nitrogens with zero attached hydrogens (tertiary/aromatic N) is 2. The summed E-state index contributed by atoms with van der Waals surface area (Å²) in [5, 5.41) is 10.9. The summed E-state index contributed by atoms with van der Waals surface area (Å²) in [6, 6.07) is 4.62. The van der Waals surface area contributed by atoms with Crippen LogP contribution in [0.5, 0.6) is 0 Å². The van der Waals surface area contributed by atoms with Gasteiger partial charge >= 0.3 is 0 Å². The second-order valence-electron chi connectivity index (χ2n) is 4.13. The Morgan fingerprint density at radius 2 is 2.28 bits per heavy atom. The van der Waals surface area contributed by atoms with Gasteiger partial charge in [-0.2, -0.15) is 0 Å². The smallest absolute Gasteiger partial charge is 0.275 e. The lowest BCUT2D eigenvalue weighted by Gasteiger charge is -2.14. The number of hydrogen-bond acceptors (Lipinski definition) is 4. The molecule has 1 aliphatic heterocycles. The fourth-order valence-corrected chi connectivity index (χ4v) is 2.13. The van der Waals surface area contributed by atoms with Crippen LogP contribution in [0.25, 0.3) is 0 Å². The molecule has 6 nitrogen and oxygen atoms in total. The van der Waals surface area contributed by atoms with Gasteiger partial charge in [0.2, 0.25) is 0 Å². The van der Waals surface area contributed by atoms with Crippen molar-refractivity contribution >= 4 is 11.6 Å². The number of carbonyl (C=O) groups excluding carboxylic acids is 1. The molecule has 0 spiro atoms. The third kappa shape index (κ3) is 2.19. The number of carbonyl (C=O) groups is 1. The van der Waals surface area contributed by atoms with Gasteiger partial charge < -0.3 is 9.64 Å². The van der Waals surface area contributed by atoms with Crippen molar-refractivity contribution in [3.05, 3.63) is 39.4 Å².